The molecular weight excluding hydrogens is 492 g/mol. The van der Waals surface area contributed by atoms with Crippen molar-refractivity contribution in [1.82, 2.24) is 9.97 Å². The molecule has 0 aliphatic carbocycles. The van der Waals surface area contributed by atoms with E-state index in [2.05, 4.69) is 42.5 Å². The van der Waals surface area contributed by atoms with Crippen molar-refractivity contribution < 1.29 is 9.59 Å². The smallest absolute Gasteiger partial charge is 0.229 e. The number of nitrogens with zero attached hydrogens (tertiary/aromatic N) is 2. The first kappa shape index (κ1) is 25.4. The molecule has 0 saturated heterocycles. The third kappa shape index (κ3) is 8.60. The van der Waals surface area contributed by atoms with E-state index in [1.165, 1.54) is 0 Å². The van der Waals surface area contributed by atoms with Crippen molar-refractivity contribution in [3.8, 4) is 12.3 Å². The molecule has 0 saturated carbocycles. The Labute approximate surface area is 209 Å². The normalized spacial score (nSPS) is 10.6. The van der Waals surface area contributed by atoms with Gasteiger partial charge in [-0.25, -0.2) is 9.97 Å². The van der Waals surface area contributed by atoms with E-state index in [4.69, 9.17) is 6.42 Å². The van der Waals surface area contributed by atoms with Crippen LogP contribution in [0.3, 0.4) is 0 Å². The molecule has 176 valence electrons. The van der Waals surface area contributed by atoms with Gasteiger partial charge < -0.3 is 10.6 Å². The number of halogens is 1. The van der Waals surface area contributed by atoms with E-state index in [0.29, 0.717) is 23.7 Å². The molecule has 7 heteroatoms. The van der Waals surface area contributed by atoms with Crippen LogP contribution in [0.1, 0.15) is 56.9 Å². The molecule has 0 atom stereocenters. The maximum Gasteiger partial charge on any atom is 0.229 e. The van der Waals surface area contributed by atoms with Crippen LogP contribution in [0.4, 0.5) is 11.6 Å². The zero-order chi connectivity index (χ0) is 24.2. The second kappa shape index (κ2) is 13.5. The molecule has 3 rings (SSSR count). The van der Waals surface area contributed by atoms with Gasteiger partial charge in [0.1, 0.15) is 11.6 Å². The van der Waals surface area contributed by atoms with Gasteiger partial charge in [-0.05, 0) is 54.8 Å². The monoisotopic (exact) mass is 520 g/mol. The minimum atomic E-state index is -0.158. The van der Waals surface area contributed by atoms with Crippen LogP contribution < -0.4 is 10.6 Å². The third-order valence-corrected chi connectivity index (χ3v) is 5.87. The van der Waals surface area contributed by atoms with Gasteiger partial charge in [-0.2, -0.15) is 0 Å². The predicted molar refractivity (Wildman–Crippen MR) is 140 cm³/mol. The molecule has 34 heavy (non-hydrogen) atoms. The number of carbonyl (C=O) groups is 2. The van der Waals surface area contributed by atoms with Gasteiger partial charge in [-0.15, -0.1) is 12.3 Å². The van der Waals surface area contributed by atoms with E-state index >= 15 is 0 Å². The van der Waals surface area contributed by atoms with Gasteiger partial charge in [0.25, 0.3) is 0 Å². The molecule has 2 N–H and O–H groups in total. The fraction of sp³-hybridized carbons (Fsp3) is 0.333. The van der Waals surface area contributed by atoms with Gasteiger partial charge in [0.15, 0.2) is 5.65 Å². The van der Waals surface area contributed by atoms with Crippen molar-refractivity contribution in [3.05, 3.63) is 58.6 Å². The van der Waals surface area contributed by atoms with Gasteiger partial charge in [0.2, 0.25) is 11.8 Å². The lowest BCUT2D eigenvalue weighted by Gasteiger charge is -2.08. The highest BCUT2D eigenvalue weighted by atomic mass is 79.9. The first-order valence-electron chi connectivity index (χ1n) is 11.6. The number of unbranched alkanes of at least 4 members (excludes halogenated alkanes) is 6. The number of aromatic nitrogens is 2. The summed E-state index contributed by atoms with van der Waals surface area (Å²) in [6, 6.07) is 14.8. The van der Waals surface area contributed by atoms with E-state index in [1.807, 2.05) is 36.4 Å². The number of anilines is 2. The van der Waals surface area contributed by atoms with Crippen molar-refractivity contribution in [1.29, 1.82) is 0 Å². The van der Waals surface area contributed by atoms with E-state index < -0.39 is 0 Å². The topological polar surface area (TPSA) is 84.0 Å². The number of hydrogen-bond donors (Lipinski definition) is 2. The van der Waals surface area contributed by atoms with Crippen LogP contribution in [0.2, 0.25) is 0 Å². The van der Waals surface area contributed by atoms with Crippen LogP contribution in [0.25, 0.3) is 11.0 Å². The minimum absolute atomic E-state index is 0.0573. The number of hydrogen-bond acceptors (Lipinski definition) is 4. The standard InChI is InChI=1S/C27H29BrN4O2/c1-2-3-4-5-6-7-8-9-10-25(33)29-23-17-13-21-14-18-24(32-27(21)31-23)30-26(34)19-20-11-15-22(28)16-12-20/h1,11-18H,3-10,19H2,(H2,29,30,31,32,33,34). The highest BCUT2D eigenvalue weighted by molar-refractivity contribution is 9.10. The molecule has 2 heterocycles. The Balaban J connectivity index is 1.48. The van der Waals surface area contributed by atoms with Crippen LogP contribution in [-0.2, 0) is 16.0 Å². The molecule has 0 aliphatic heterocycles. The van der Waals surface area contributed by atoms with Crippen molar-refractivity contribution >= 4 is 50.4 Å². The third-order valence-electron chi connectivity index (χ3n) is 5.34. The minimum Gasteiger partial charge on any atom is -0.311 e. The van der Waals surface area contributed by atoms with Crippen molar-refractivity contribution in [2.24, 2.45) is 0 Å². The van der Waals surface area contributed by atoms with E-state index in [-0.39, 0.29) is 18.2 Å². The number of rotatable bonds is 12. The fourth-order valence-electron chi connectivity index (χ4n) is 3.54. The van der Waals surface area contributed by atoms with Gasteiger partial charge in [-0.3, -0.25) is 9.59 Å². The van der Waals surface area contributed by atoms with Gasteiger partial charge in [0.05, 0.1) is 6.42 Å². The summed E-state index contributed by atoms with van der Waals surface area (Å²) in [6.45, 7) is 0. The molecule has 6 nitrogen and oxygen atoms in total. The van der Waals surface area contributed by atoms with E-state index in [0.717, 1.165) is 60.4 Å². The quantitative estimate of drug-likeness (QED) is 0.218. The summed E-state index contributed by atoms with van der Waals surface area (Å²) < 4.78 is 0.967. The number of amides is 2. The zero-order valence-electron chi connectivity index (χ0n) is 19.1. The zero-order valence-corrected chi connectivity index (χ0v) is 20.7. The summed E-state index contributed by atoms with van der Waals surface area (Å²) in [5.74, 6) is 3.32. The van der Waals surface area contributed by atoms with Crippen molar-refractivity contribution in [2.45, 2.75) is 57.8 Å². The lowest BCUT2D eigenvalue weighted by atomic mass is 10.1. The highest BCUT2D eigenvalue weighted by Gasteiger charge is 2.09. The van der Waals surface area contributed by atoms with Crippen LogP contribution >= 0.6 is 15.9 Å². The molecule has 2 amide bonds. The predicted octanol–water partition coefficient (Wildman–Crippen LogP) is 6.27. The summed E-state index contributed by atoms with van der Waals surface area (Å²) in [6.07, 6.45) is 13.2. The maximum atomic E-state index is 12.4. The molecule has 1 aromatic carbocycles. The first-order valence-corrected chi connectivity index (χ1v) is 12.4. The number of fused-ring (bicyclic) bond motifs is 1. The van der Waals surface area contributed by atoms with Crippen LogP contribution in [0.5, 0.6) is 0 Å². The van der Waals surface area contributed by atoms with Gasteiger partial charge in [0, 0.05) is 22.7 Å². The largest absolute Gasteiger partial charge is 0.311 e. The Morgan fingerprint density at radius 3 is 2.03 bits per heavy atom. The fourth-order valence-corrected chi connectivity index (χ4v) is 3.80. The molecule has 0 bridgehead atoms. The Bertz CT molecular complexity index is 1160. The molecule has 0 aliphatic rings. The SMILES string of the molecule is C#CCCCCCCCCC(=O)Nc1ccc2ccc(NC(=O)Cc3ccc(Br)cc3)nc2n1. The van der Waals surface area contributed by atoms with Gasteiger partial charge in [-0.1, -0.05) is 53.7 Å². The number of terminal acetylenes is 1. The van der Waals surface area contributed by atoms with E-state index in [9.17, 15) is 9.59 Å². The number of carbonyl (C=O) groups excluding carboxylic acids is 2. The second-order valence-electron chi connectivity index (χ2n) is 8.16. The lowest BCUT2D eigenvalue weighted by molar-refractivity contribution is -0.116. The summed E-state index contributed by atoms with van der Waals surface area (Å²) in [5, 5.41) is 6.49. The summed E-state index contributed by atoms with van der Waals surface area (Å²) in [4.78, 5) is 33.5. The first-order chi connectivity index (χ1) is 16.5. The summed E-state index contributed by atoms with van der Waals surface area (Å²) in [7, 11) is 0. The summed E-state index contributed by atoms with van der Waals surface area (Å²) in [5.41, 5.74) is 1.37. The Hall–Kier alpha value is -3.24. The molecule has 0 fully saturated rings. The molecular formula is C27H29BrN4O2. The molecule has 0 unspecified atom stereocenters. The molecule has 2 aromatic heterocycles. The van der Waals surface area contributed by atoms with Crippen molar-refractivity contribution in [3.63, 3.8) is 0 Å². The number of pyridine rings is 2. The molecule has 0 radical (unpaired) electrons. The van der Waals surface area contributed by atoms with Crippen LogP contribution in [0, 0.1) is 12.3 Å². The lowest BCUT2D eigenvalue weighted by Crippen LogP contribution is -2.15. The highest BCUT2D eigenvalue weighted by Crippen LogP contribution is 2.17. The molecule has 3 aromatic rings. The average Bonchev–Trinajstić information content (AvgIpc) is 2.82. The van der Waals surface area contributed by atoms with Gasteiger partial charge >= 0.3 is 0 Å². The Morgan fingerprint density at radius 2 is 1.38 bits per heavy atom. The van der Waals surface area contributed by atoms with Crippen LogP contribution in [-0.4, -0.2) is 21.8 Å². The Kier molecular flexibility index (Phi) is 10.1. The average molecular weight is 521 g/mol. The number of benzene rings is 1. The number of nitrogens with one attached hydrogen (secondary N) is 2. The summed E-state index contributed by atoms with van der Waals surface area (Å²) >= 11 is 3.39. The van der Waals surface area contributed by atoms with E-state index in [1.54, 1.807) is 12.1 Å². The Morgan fingerprint density at radius 1 is 0.794 bits per heavy atom. The molecule has 0 spiro atoms. The second-order valence-corrected chi connectivity index (χ2v) is 9.08. The van der Waals surface area contributed by atoms with Crippen molar-refractivity contribution in [2.75, 3.05) is 10.6 Å². The maximum absolute atomic E-state index is 12.4. The van der Waals surface area contributed by atoms with Crippen LogP contribution in [0.15, 0.2) is 53.0 Å².